The smallest absolute Gasteiger partial charge is 0.321 e. The molecule has 0 fully saturated rings. The average Bonchev–Trinajstić information content (AvgIpc) is 2.51. The Morgan fingerprint density at radius 2 is 1.72 bits per heavy atom. The molecule has 0 aliphatic carbocycles. The molecule has 3 N–H and O–H groups in total. The monoisotopic (exact) mass is 348 g/mol. The summed E-state index contributed by atoms with van der Waals surface area (Å²) in [6.07, 6.45) is 0. The van der Waals surface area contributed by atoms with Gasteiger partial charge in [-0.15, -0.1) is 0 Å². The molecule has 0 bridgehead atoms. The third-order valence-electron chi connectivity index (χ3n) is 3.48. The quantitative estimate of drug-likeness (QED) is 0.722. The fourth-order valence-electron chi connectivity index (χ4n) is 2.06. The van der Waals surface area contributed by atoms with E-state index in [2.05, 4.69) is 16.0 Å². The first-order valence-electron chi connectivity index (χ1n) is 8.22. The molecular weight excluding hydrogens is 320 g/mol. The van der Waals surface area contributed by atoms with Crippen LogP contribution in [0.15, 0.2) is 30.3 Å². The SMILES string of the molecule is CC(C(=O)NC(=O)NCc1ccccc1)N(C)CC(=O)NC(C)(C)C. The highest BCUT2D eigenvalue weighted by Crippen LogP contribution is 2.01. The Bertz CT molecular complexity index is 596. The number of nitrogens with zero attached hydrogens (tertiary/aromatic N) is 1. The van der Waals surface area contributed by atoms with Crippen LogP contribution in [0.3, 0.4) is 0 Å². The number of urea groups is 1. The lowest BCUT2D eigenvalue weighted by Crippen LogP contribution is -2.52. The van der Waals surface area contributed by atoms with Crippen molar-refractivity contribution in [1.82, 2.24) is 20.9 Å². The Kier molecular flexibility index (Phi) is 7.57. The number of hydrogen-bond acceptors (Lipinski definition) is 4. The van der Waals surface area contributed by atoms with Crippen molar-refractivity contribution in [2.45, 2.75) is 45.8 Å². The van der Waals surface area contributed by atoms with Crippen molar-refractivity contribution in [2.75, 3.05) is 13.6 Å². The molecule has 7 nitrogen and oxygen atoms in total. The van der Waals surface area contributed by atoms with Crippen LogP contribution in [-0.4, -0.2) is 47.9 Å². The summed E-state index contributed by atoms with van der Waals surface area (Å²) in [6.45, 7) is 7.70. The van der Waals surface area contributed by atoms with Gasteiger partial charge in [-0.2, -0.15) is 0 Å². The van der Waals surface area contributed by atoms with Gasteiger partial charge in [-0.25, -0.2) is 4.79 Å². The van der Waals surface area contributed by atoms with Gasteiger partial charge >= 0.3 is 6.03 Å². The summed E-state index contributed by atoms with van der Waals surface area (Å²) in [7, 11) is 1.66. The zero-order chi connectivity index (χ0) is 19.0. The summed E-state index contributed by atoms with van der Waals surface area (Å²) < 4.78 is 0. The highest BCUT2D eigenvalue weighted by molar-refractivity contribution is 5.97. The molecule has 0 aromatic heterocycles. The van der Waals surface area contributed by atoms with E-state index in [4.69, 9.17) is 0 Å². The van der Waals surface area contributed by atoms with Gasteiger partial charge < -0.3 is 10.6 Å². The number of likely N-dealkylation sites (N-methyl/N-ethyl adjacent to an activating group) is 1. The molecule has 4 amide bonds. The van der Waals surface area contributed by atoms with Gasteiger partial charge in [-0.05, 0) is 40.3 Å². The van der Waals surface area contributed by atoms with E-state index in [1.807, 2.05) is 51.1 Å². The molecule has 0 aliphatic heterocycles. The standard InChI is InChI=1S/C18H28N4O3/c1-13(22(5)12-15(23)21-18(2,3)4)16(24)20-17(25)19-11-14-9-7-6-8-10-14/h6-10,13H,11-12H2,1-5H3,(H,21,23)(H2,19,20,24,25). The normalized spacial score (nSPS) is 12.4. The molecule has 0 saturated heterocycles. The molecule has 0 aliphatic rings. The number of carbonyl (C=O) groups excluding carboxylic acids is 3. The Morgan fingerprint density at radius 3 is 2.28 bits per heavy atom. The molecule has 0 spiro atoms. The minimum absolute atomic E-state index is 0.0670. The van der Waals surface area contributed by atoms with E-state index in [0.29, 0.717) is 6.54 Å². The number of hydrogen-bond donors (Lipinski definition) is 3. The largest absolute Gasteiger partial charge is 0.350 e. The van der Waals surface area contributed by atoms with Crippen LogP contribution in [0.25, 0.3) is 0 Å². The second-order valence-corrected chi connectivity index (χ2v) is 7.05. The van der Waals surface area contributed by atoms with Crippen LogP contribution in [0, 0.1) is 0 Å². The van der Waals surface area contributed by atoms with Gasteiger partial charge in [0.1, 0.15) is 0 Å². The first kappa shape index (κ1) is 20.6. The van der Waals surface area contributed by atoms with Crippen LogP contribution >= 0.6 is 0 Å². The van der Waals surface area contributed by atoms with E-state index in [1.54, 1.807) is 18.9 Å². The zero-order valence-electron chi connectivity index (χ0n) is 15.6. The highest BCUT2D eigenvalue weighted by Gasteiger charge is 2.23. The number of rotatable bonds is 6. The average molecular weight is 348 g/mol. The van der Waals surface area contributed by atoms with E-state index in [9.17, 15) is 14.4 Å². The molecule has 1 atom stereocenters. The maximum Gasteiger partial charge on any atom is 0.321 e. The predicted molar refractivity (Wildman–Crippen MR) is 96.8 cm³/mol. The minimum Gasteiger partial charge on any atom is -0.350 e. The van der Waals surface area contributed by atoms with Crippen molar-refractivity contribution in [2.24, 2.45) is 0 Å². The van der Waals surface area contributed by atoms with Crippen molar-refractivity contribution in [1.29, 1.82) is 0 Å². The molecule has 0 radical (unpaired) electrons. The van der Waals surface area contributed by atoms with Crippen molar-refractivity contribution < 1.29 is 14.4 Å². The Balaban J connectivity index is 2.41. The van der Waals surface area contributed by atoms with Gasteiger partial charge in [0.2, 0.25) is 11.8 Å². The number of nitrogens with one attached hydrogen (secondary N) is 3. The lowest BCUT2D eigenvalue weighted by molar-refractivity contribution is -0.127. The van der Waals surface area contributed by atoms with Gasteiger partial charge in [0.25, 0.3) is 0 Å². The molecule has 1 aromatic carbocycles. The Hall–Kier alpha value is -2.41. The summed E-state index contributed by atoms with van der Waals surface area (Å²) >= 11 is 0. The van der Waals surface area contributed by atoms with Gasteiger partial charge in [0, 0.05) is 12.1 Å². The summed E-state index contributed by atoms with van der Waals surface area (Å²) in [5.41, 5.74) is 0.606. The first-order chi connectivity index (χ1) is 11.6. The fourth-order valence-corrected chi connectivity index (χ4v) is 2.06. The van der Waals surface area contributed by atoms with E-state index in [-0.39, 0.29) is 18.0 Å². The molecule has 25 heavy (non-hydrogen) atoms. The van der Waals surface area contributed by atoms with E-state index in [1.165, 1.54) is 0 Å². The Labute approximate surface area is 149 Å². The molecule has 1 unspecified atom stereocenters. The topological polar surface area (TPSA) is 90.5 Å². The molecule has 0 heterocycles. The lowest BCUT2D eigenvalue weighted by atomic mass is 10.1. The van der Waals surface area contributed by atoms with Crippen LogP contribution in [0.5, 0.6) is 0 Å². The maximum atomic E-state index is 12.1. The molecular formula is C18H28N4O3. The molecule has 138 valence electrons. The van der Waals surface area contributed by atoms with Crippen LogP contribution in [0.1, 0.15) is 33.3 Å². The fraction of sp³-hybridized carbons (Fsp3) is 0.500. The van der Waals surface area contributed by atoms with Crippen LogP contribution < -0.4 is 16.0 Å². The van der Waals surface area contributed by atoms with Crippen molar-refractivity contribution in [3.05, 3.63) is 35.9 Å². The van der Waals surface area contributed by atoms with E-state index in [0.717, 1.165) is 5.56 Å². The van der Waals surface area contributed by atoms with Crippen LogP contribution in [-0.2, 0) is 16.1 Å². The van der Waals surface area contributed by atoms with Crippen molar-refractivity contribution in [3.63, 3.8) is 0 Å². The third kappa shape index (κ3) is 8.30. The van der Waals surface area contributed by atoms with Gasteiger partial charge in [0.05, 0.1) is 12.6 Å². The van der Waals surface area contributed by atoms with Crippen molar-refractivity contribution in [3.8, 4) is 0 Å². The first-order valence-corrected chi connectivity index (χ1v) is 8.22. The number of amides is 4. The summed E-state index contributed by atoms with van der Waals surface area (Å²) in [5.74, 6) is -0.639. The number of carbonyl (C=O) groups is 3. The summed E-state index contributed by atoms with van der Waals surface area (Å²) in [6, 6.07) is 8.22. The third-order valence-corrected chi connectivity index (χ3v) is 3.48. The Morgan fingerprint density at radius 1 is 1.12 bits per heavy atom. The van der Waals surface area contributed by atoms with E-state index < -0.39 is 18.0 Å². The van der Waals surface area contributed by atoms with Crippen LogP contribution in [0.2, 0.25) is 0 Å². The molecule has 0 saturated carbocycles. The highest BCUT2D eigenvalue weighted by atomic mass is 16.2. The second-order valence-electron chi connectivity index (χ2n) is 7.05. The molecule has 1 rings (SSSR count). The number of imide groups is 1. The summed E-state index contributed by atoms with van der Waals surface area (Å²) in [5, 5.41) is 7.75. The molecule has 1 aromatic rings. The van der Waals surface area contributed by atoms with E-state index >= 15 is 0 Å². The van der Waals surface area contributed by atoms with Gasteiger partial charge in [-0.1, -0.05) is 30.3 Å². The predicted octanol–water partition coefficient (Wildman–Crippen LogP) is 1.25. The van der Waals surface area contributed by atoms with Gasteiger partial charge in [-0.3, -0.25) is 19.8 Å². The number of benzene rings is 1. The van der Waals surface area contributed by atoms with Crippen LogP contribution in [0.4, 0.5) is 4.79 Å². The maximum absolute atomic E-state index is 12.1. The van der Waals surface area contributed by atoms with Gasteiger partial charge in [0.15, 0.2) is 0 Å². The lowest BCUT2D eigenvalue weighted by Gasteiger charge is -2.26. The summed E-state index contributed by atoms with van der Waals surface area (Å²) in [4.78, 5) is 37.4. The molecule has 7 heteroatoms. The van der Waals surface area contributed by atoms with Crippen molar-refractivity contribution >= 4 is 17.8 Å². The second kappa shape index (κ2) is 9.17. The zero-order valence-corrected chi connectivity index (χ0v) is 15.6. The minimum atomic E-state index is -0.617.